The first-order valence-corrected chi connectivity index (χ1v) is 22.6. The summed E-state index contributed by atoms with van der Waals surface area (Å²) in [6.07, 6.45) is 6.53. The molecular formula is C50H64N4O10. The second-order valence-electron chi connectivity index (χ2n) is 19.2. The highest BCUT2D eigenvalue weighted by Crippen LogP contribution is 2.42. The summed E-state index contributed by atoms with van der Waals surface area (Å²) < 4.78 is 19.0. The van der Waals surface area contributed by atoms with E-state index in [9.17, 15) is 34.8 Å². The zero-order valence-electron chi connectivity index (χ0n) is 38.9. The van der Waals surface area contributed by atoms with Crippen molar-refractivity contribution in [2.75, 3.05) is 42.9 Å². The Labute approximate surface area is 373 Å². The number of carbonyl (C=O) groups excluding carboxylic acids is 1. The van der Waals surface area contributed by atoms with Crippen LogP contribution in [0.3, 0.4) is 0 Å². The van der Waals surface area contributed by atoms with Gasteiger partial charge in [-0.3, -0.25) is 19.3 Å². The van der Waals surface area contributed by atoms with Crippen LogP contribution in [0.1, 0.15) is 74.8 Å². The summed E-state index contributed by atoms with van der Waals surface area (Å²) in [5.74, 6) is -3.88. The number of aromatic hydroxyl groups is 1. The van der Waals surface area contributed by atoms with Gasteiger partial charge in [-0.1, -0.05) is 73.6 Å². The van der Waals surface area contributed by atoms with Crippen LogP contribution in [0.5, 0.6) is 11.5 Å². The van der Waals surface area contributed by atoms with Gasteiger partial charge in [-0.2, -0.15) is 0 Å². The average molecular weight is 881 g/mol. The molecule has 0 radical (unpaired) electrons. The van der Waals surface area contributed by atoms with Crippen LogP contribution >= 0.6 is 0 Å². The van der Waals surface area contributed by atoms with Gasteiger partial charge in [0.05, 0.1) is 29.1 Å². The predicted molar refractivity (Wildman–Crippen MR) is 250 cm³/mol. The summed E-state index contributed by atoms with van der Waals surface area (Å²) in [6, 6.07) is 3.21. The zero-order valence-corrected chi connectivity index (χ0v) is 38.9. The number of ether oxygens (including phenoxy) is 2. The molecule has 9 atom stereocenters. The molecule has 5 bridgehead atoms. The SMILES string of the molecule is C/C1=C/C=C/[C@H](C)[C@H](O)[C@@H](C)[C@@H](O)[C@@H](C)[C@H](C)[C@H](C)[C@@H](C)/C=C/O[C@@]2(C)Oc3c(C)c(O)c4c(=O)c(c5oc6cc(N7CCN(CC(C)C)CC7)cc(=O)c6nc5c4c3=C2O)NC1=O. The minimum atomic E-state index is -1.83. The van der Waals surface area contributed by atoms with Crippen LogP contribution in [0.15, 0.2) is 62.3 Å². The van der Waals surface area contributed by atoms with Crippen molar-refractivity contribution < 1.29 is 39.1 Å². The van der Waals surface area contributed by atoms with Gasteiger partial charge >= 0.3 is 5.79 Å². The highest BCUT2D eigenvalue weighted by Gasteiger charge is 2.43. The number of aliphatic hydroxyl groups excluding tert-OH is 3. The Kier molecular flexibility index (Phi) is 13.0. The van der Waals surface area contributed by atoms with Crippen molar-refractivity contribution in [1.82, 2.24) is 9.88 Å². The van der Waals surface area contributed by atoms with Crippen molar-refractivity contribution in [2.45, 2.75) is 94.2 Å². The predicted octanol–water partition coefficient (Wildman–Crippen LogP) is 6.66. The van der Waals surface area contributed by atoms with Crippen molar-refractivity contribution in [1.29, 1.82) is 0 Å². The first-order chi connectivity index (χ1) is 30.1. The topological polar surface area (TPSA) is 195 Å². The molecule has 1 saturated heterocycles. The number of phenolic OH excluding ortho intramolecular Hbond substituents is 1. The third kappa shape index (κ3) is 8.35. The number of carbonyl (C=O) groups is 1. The van der Waals surface area contributed by atoms with E-state index >= 15 is 0 Å². The van der Waals surface area contributed by atoms with Crippen LogP contribution in [0.25, 0.3) is 38.7 Å². The van der Waals surface area contributed by atoms with E-state index in [-0.39, 0.29) is 90.4 Å². The summed E-state index contributed by atoms with van der Waals surface area (Å²) in [7, 11) is 0. The molecule has 0 spiro atoms. The number of hydrogen-bond acceptors (Lipinski definition) is 13. The lowest BCUT2D eigenvalue weighted by Gasteiger charge is -2.36. The van der Waals surface area contributed by atoms with Crippen molar-refractivity contribution >= 4 is 56.0 Å². The largest absolute Gasteiger partial charge is 0.507 e. The second kappa shape index (κ2) is 17.9. The maximum Gasteiger partial charge on any atom is 0.307 e. The van der Waals surface area contributed by atoms with Crippen LogP contribution in [0, 0.1) is 48.3 Å². The van der Waals surface area contributed by atoms with E-state index in [1.54, 1.807) is 31.2 Å². The molecule has 4 aliphatic heterocycles. The molecule has 0 saturated carbocycles. The minimum Gasteiger partial charge on any atom is -0.507 e. The van der Waals surface area contributed by atoms with Crippen molar-refractivity contribution in [2.24, 2.45) is 41.4 Å². The summed E-state index contributed by atoms with van der Waals surface area (Å²) in [5.41, 5.74) is -0.883. The Morgan fingerprint density at radius 1 is 0.859 bits per heavy atom. The Hall–Kier alpha value is -5.44. The number of phenols is 1. The van der Waals surface area contributed by atoms with Gasteiger partial charge in [-0.25, -0.2) is 4.98 Å². The fourth-order valence-corrected chi connectivity index (χ4v) is 9.52. The molecule has 4 aliphatic rings. The Morgan fingerprint density at radius 3 is 2.22 bits per heavy atom. The number of benzene rings is 3. The number of anilines is 2. The molecule has 0 unspecified atom stereocenters. The molecule has 3 aromatic carbocycles. The fraction of sp³-hybridized carbons (Fsp3) is 0.520. The van der Waals surface area contributed by atoms with E-state index in [0.29, 0.717) is 24.7 Å². The smallest absolute Gasteiger partial charge is 0.307 e. The van der Waals surface area contributed by atoms with E-state index in [0.717, 1.165) is 19.6 Å². The van der Waals surface area contributed by atoms with Crippen LogP contribution in [0.2, 0.25) is 0 Å². The van der Waals surface area contributed by atoms with Gasteiger partial charge in [0.25, 0.3) is 5.91 Å². The molecule has 344 valence electrons. The van der Waals surface area contributed by atoms with E-state index in [1.165, 1.54) is 26.2 Å². The molecular weight excluding hydrogens is 817 g/mol. The number of aliphatic hydroxyl groups is 3. The van der Waals surface area contributed by atoms with Gasteiger partial charge in [0.1, 0.15) is 22.7 Å². The van der Waals surface area contributed by atoms with Crippen molar-refractivity contribution in [3.05, 3.63) is 79.5 Å². The van der Waals surface area contributed by atoms with Gasteiger partial charge in [0.2, 0.25) is 10.9 Å². The van der Waals surface area contributed by atoms with E-state index in [2.05, 4.69) is 42.8 Å². The lowest BCUT2D eigenvalue weighted by atomic mass is 9.72. The molecule has 5 heterocycles. The van der Waals surface area contributed by atoms with Crippen LogP contribution in [-0.4, -0.2) is 86.9 Å². The number of piperazine rings is 1. The van der Waals surface area contributed by atoms with Crippen LogP contribution < -0.4 is 31.0 Å². The lowest BCUT2D eigenvalue weighted by Crippen LogP contribution is -2.47. The summed E-state index contributed by atoms with van der Waals surface area (Å²) in [4.78, 5) is 52.1. The maximum atomic E-state index is 14.8. The third-order valence-corrected chi connectivity index (χ3v) is 14.3. The zero-order chi connectivity index (χ0) is 46.7. The monoisotopic (exact) mass is 880 g/mol. The molecule has 5 N–H and O–H groups in total. The second-order valence-corrected chi connectivity index (χ2v) is 19.2. The third-order valence-electron chi connectivity index (χ3n) is 14.3. The minimum absolute atomic E-state index is 0.0179. The van der Waals surface area contributed by atoms with Crippen molar-refractivity contribution in [3.63, 3.8) is 0 Å². The molecule has 14 nitrogen and oxygen atoms in total. The van der Waals surface area contributed by atoms with Gasteiger partial charge in [0, 0.05) is 85.8 Å². The summed E-state index contributed by atoms with van der Waals surface area (Å²) in [6.45, 7) is 24.7. The van der Waals surface area contributed by atoms with Gasteiger partial charge in [-0.05, 0) is 49.5 Å². The average Bonchev–Trinajstić information content (AvgIpc) is 3.52. The van der Waals surface area contributed by atoms with Crippen molar-refractivity contribution in [3.8, 4) is 11.5 Å². The molecule has 0 aliphatic carbocycles. The van der Waals surface area contributed by atoms with E-state index in [4.69, 9.17) is 18.9 Å². The standard InChI is InChI=1S/C50H64N4O10/c1-24(2)23-53-16-18-54(19-17-53)33-21-34(55)39-35(22-33)63-47-40(51-39)36-37-44(58)32(10)46-38(36)48(60)50(11,64-46)62-20-15-25(3)28(6)29(7)30(8)43(57)31(9)42(56)26(4)13-12-14-27(5)49(61)52-41(47)45(37)59/h12-15,20-22,24-26,28-31,42-43,56-58,60H,16-19,23H2,1-11H3,(H,52,61)/b13-12+,20-15+,27-14-/t25-,26-,28+,29+,30-,31+,42-,43-,50-/m0/s1. The Balaban J connectivity index is 1.45. The van der Waals surface area contributed by atoms with Gasteiger partial charge in [0.15, 0.2) is 22.4 Å². The number of amides is 1. The number of aromatic nitrogens is 1. The highest BCUT2D eigenvalue weighted by atomic mass is 16.7. The lowest BCUT2D eigenvalue weighted by molar-refractivity contribution is -0.112. The molecule has 8 rings (SSSR count). The first-order valence-electron chi connectivity index (χ1n) is 22.6. The number of rotatable bonds is 3. The Morgan fingerprint density at radius 2 is 1.55 bits per heavy atom. The molecule has 1 fully saturated rings. The quantitative estimate of drug-likeness (QED) is 0.108. The number of hydrogen-bond donors (Lipinski definition) is 5. The van der Waals surface area contributed by atoms with Crippen LogP contribution in [-0.2, 0) is 9.53 Å². The summed E-state index contributed by atoms with van der Waals surface area (Å²) in [5, 5.41) is 49.2. The number of allylic oxidation sites excluding steroid dienone is 3. The highest BCUT2D eigenvalue weighted by molar-refractivity contribution is 6.16. The molecule has 14 heteroatoms. The van der Waals surface area contributed by atoms with E-state index in [1.807, 2.05) is 33.8 Å². The summed E-state index contributed by atoms with van der Waals surface area (Å²) >= 11 is 0. The normalized spacial score (nSPS) is 30.7. The molecule has 64 heavy (non-hydrogen) atoms. The molecule has 1 aromatic heterocycles. The van der Waals surface area contributed by atoms with E-state index < -0.39 is 52.2 Å². The Bertz CT molecular complexity index is 2750. The molecule has 1 amide bonds. The fourth-order valence-electron chi connectivity index (χ4n) is 9.52. The number of nitrogens with one attached hydrogen (secondary N) is 1. The number of fused-ring (bicyclic) bond motifs is 14. The van der Waals surface area contributed by atoms with Crippen LogP contribution in [0.4, 0.5) is 11.4 Å². The van der Waals surface area contributed by atoms with Gasteiger partial charge < -0.3 is 44.5 Å². The number of nitrogens with zero attached hydrogens (tertiary/aromatic N) is 3. The van der Waals surface area contributed by atoms with Gasteiger partial charge in [-0.15, -0.1) is 0 Å². The maximum absolute atomic E-state index is 14.8. The molecule has 4 aromatic rings. The first kappa shape index (κ1) is 46.5.